The highest BCUT2D eigenvalue weighted by atomic mass is 35.5. The van der Waals surface area contributed by atoms with Gasteiger partial charge in [0.15, 0.2) is 14.6 Å². The number of rotatable bonds is 6. The third kappa shape index (κ3) is 4.08. The fourth-order valence-electron chi connectivity index (χ4n) is 2.96. The molecule has 1 saturated heterocycles. The van der Waals surface area contributed by atoms with E-state index in [4.69, 9.17) is 16.3 Å². The molecule has 1 atom stereocenters. The average molecular weight is 375 g/mol. The minimum Gasteiger partial charge on any atom is -0.375 e. The molecule has 1 amide bonds. The Morgan fingerprint density at radius 2 is 1.92 bits per heavy atom. The predicted molar refractivity (Wildman–Crippen MR) is 93.9 cm³/mol. The lowest BCUT2D eigenvalue weighted by atomic mass is 9.95. The second-order valence-electron chi connectivity index (χ2n) is 6.00. The van der Waals surface area contributed by atoms with Crippen molar-refractivity contribution in [2.45, 2.75) is 23.7 Å². The van der Waals surface area contributed by atoms with Crippen molar-refractivity contribution in [3.63, 3.8) is 0 Å². The number of carbonyl (C=O) groups excluding carboxylic acids is 1. The lowest BCUT2D eigenvalue weighted by Gasteiger charge is -2.34. The van der Waals surface area contributed by atoms with Crippen molar-refractivity contribution in [2.24, 2.45) is 0 Å². The van der Waals surface area contributed by atoms with Crippen molar-refractivity contribution < 1.29 is 17.9 Å². The lowest BCUT2D eigenvalue weighted by molar-refractivity contribution is -0.124. The van der Waals surface area contributed by atoms with Crippen LogP contribution in [0.25, 0.3) is 0 Å². The van der Waals surface area contributed by atoms with E-state index in [1.807, 2.05) is 12.1 Å². The number of hydrogen-bond donors (Lipinski definition) is 2. The second-order valence-corrected chi connectivity index (χ2v) is 8.76. The quantitative estimate of drug-likeness (QED) is 0.784. The van der Waals surface area contributed by atoms with Gasteiger partial charge in [0, 0.05) is 24.9 Å². The Bertz CT molecular complexity index is 670. The van der Waals surface area contributed by atoms with Gasteiger partial charge in [-0.15, -0.1) is 0 Å². The average Bonchev–Trinajstić information content (AvgIpc) is 2.56. The number of benzene rings is 1. The highest BCUT2D eigenvalue weighted by Crippen LogP contribution is 2.28. The van der Waals surface area contributed by atoms with Crippen molar-refractivity contribution in [1.29, 1.82) is 0 Å². The maximum Gasteiger partial charge on any atom is 0.241 e. The van der Waals surface area contributed by atoms with E-state index < -0.39 is 20.5 Å². The van der Waals surface area contributed by atoms with Gasteiger partial charge in [0.25, 0.3) is 0 Å². The van der Waals surface area contributed by atoms with Crippen molar-refractivity contribution in [1.82, 2.24) is 10.6 Å². The Balaban J connectivity index is 2.10. The maximum absolute atomic E-state index is 12.7. The smallest absolute Gasteiger partial charge is 0.241 e. The van der Waals surface area contributed by atoms with Crippen LogP contribution in [0.2, 0.25) is 5.02 Å². The molecule has 1 heterocycles. The first-order valence-corrected chi connectivity index (χ1v) is 10.0. The molecule has 1 fully saturated rings. The molecule has 6 nitrogen and oxygen atoms in total. The van der Waals surface area contributed by atoms with Gasteiger partial charge in [0.05, 0.1) is 6.10 Å². The van der Waals surface area contributed by atoms with Crippen LogP contribution in [0.4, 0.5) is 0 Å². The first-order chi connectivity index (χ1) is 11.3. The molecular formula is C16H23ClN2O4S. The molecule has 24 heavy (non-hydrogen) atoms. The number of halogens is 1. The Kier molecular flexibility index (Phi) is 6.25. The van der Waals surface area contributed by atoms with Crippen molar-refractivity contribution >= 4 is 27.3 Å². The summed E-state index contributed by atoms with van der Waals surface area (Å²) in [6.45, 7) is 1.21. The van der Waals surface area contributed by atoms with Crippen molar-refractivity contribution in [3.8, 4) is 0 Å². The molecule has 2 N–H and O–H groups in total. The van der Waals surface area contributed by atoms with E-state index in [9.17, 15) is 13.2 Å². The standard InChI is InChI=1S/C16H23ClN2O4S/c1-23-14(12-3-5-13(17)6-4-12)11-19-15(20)16(24(2,21)22)7-9-18-10-8-16/h3-6,14,18H,7-11H2,1-2H3,(H,19,20). The Morgan fingerprint density at radius 3 is 2.42 bits per heavy atom. The van der Waals surface area contributed by atoms with E-state index in [1.54, 1.807) is 19.2 Å². The van der Waals surface area contributed by atoms with Gasteiger partial charge in [0.2, 0.25) is 5.91 Å². The molecule has 1 aliphatic heterocycles. The summed E-state index contributed by atoms with van der Waals surface area (Å²) in [5.74, 6) is -0.456. The first kappa shape index (κ1) is 19.2. The summed E-state index contributed by atoms with van der Waals surface area (Å²) in [5, 5.41) is 6.47. The van der Waals surface area contributed by atoms with E-state index in [0.29, 0.717) is 18.1 Å². The van der Waals surface area contributed by atoms with Crippen molar-refractivity contribution in [2.75, 3.05) is 33.0 Å². The van der Waals surface area contributed by atoms with E-state index in [2.05, 4.69) is 10.6 Å². The summed E-state index contributed by atoms with van der Waals surface area (Å²) in [7, 11) is -1.98. The summed E-state index contributed by atoms with van der Waals surface area (Å²) in [4.78, 5) is 12.7. The highest BCUT2D eigenvalue weighted by molar-refractivity contribution is 7.92. The van der Waals surface area contributed by atoms with Gasteiger partial charge in [0.1, 0.15) is 0 Å². The summed E-state index contributed by atoms with van der Waals surface area (Å²) in [6.07, 6.45) is 1.31. The molecule has 0 saturated carbocycles. The molecule has 2 rings (SSSR count). The molecule has 1 aliphatic rings. The Labute approximate surface area is 147 Å². The lowest BCUT2D eigenvalue weighted by Crippen LogP contribution is -2.57. The molecular weight excluding hydrogens is 352 g/mol. The van der Waals surface area contributed by atoms with Gasteiger partial charge < -0.3 is 15.4 Å². The van der Waals surface area contributed by atoms with E-state index in [1.165, 1.54) is 0 Å². The summed E-state index contributed by atoms with van der Waals surface area (Å²) >= 11 is 5.87. The minimum atomic E-state index is -3.52. The molecule has 0 bridgehead atoms. The fraction of sp³-hybridized carbons (Fsp3) is 0.562. The molecule has 134 valence electrons. The number of amides is 1. The van der Waals surface area contributed by atoms with Crippen LogP contribution in [0.1, 0.15) is 24.5 Å². The molecule has 0 radical (unpaired) electrons. The SMILES string of the molecule is COC(CNC(=O)C1(S(C)(=O)=O)CCNCC1)c1ccc(Cl)cc1. The van der Waals surface area contributed by atoms with Crippen LogP contribution < -0.4 is 10.6 Å². The number of carbonyl (C=O) groups is 1. The molecule has 1 aromatic carbocycles. The third-order valence-electron chi connectivity index (χ3n) is 4.51. The minimum absolute atomic E-state index is 0.196. The summed E-state index contributed by atoms with van der Waals surface area (Å²) < 4.78 is 28.5. The Hall–Kier alpha value is -1.15. The van der Waals surface area contributed by atoms with Gasteiger partial charge in [-0.2, -0.15) is 0 Å². The number of hydrogen-bond acceptors (Lipinski definition) is 5. The molecule has 0 aromatic heterocycles. The van der Waals surface area contributed by atoms with Gasteiger partial charge in [-0.25, -0.2) is 8.42 Å². The fourth-order valence-corrected chi connectivity index (χ4v) is 4.44. The van der Waals surface area contributed by atoms with Crippen LogP contribution in [0, 0.1) is 0 Å². The number of methoxy groups -OCH3 is 1. The molecule has 1 unspecified atom stereocenters. The number of piperidine rings is 1. The van der Waals surface area contributed by atoms with Crippen LogP contribution >= 0.6 is 11.6 Å². The zero-order valence-corrected chi connectivity index (χ0v) is 15.4. The van der Waals surface area contributed by atoms with Gasteiger partial charge in [-0.1, -0.05) is 23.7 Å². The van der Waals surface area contributed by atoms with Crippen LogP contribution in [0.15, 0.2) is 24.3 Å². The molecule has 0 aliphatic carbocycles. The number of ether oxygens (including phenoxy) is 1. The predicted octanol–water partition coefficient (Wildman–Crippen LogP) is 1.31. The maximum atomic E-state index is 12.7. The van der Waals surface area contributed by atoms with Crippen molar-refractivity contribution in [3.05, 3.63) is 34.9 Å². The second kappa shape index (κ2) is 7.82. The highest BCUT2D eigenvalue weighted by Gasteiger charge is 2.48. The van der Waals surface area contributed by atoms with E-state index in [-0.39, 0.29) is 25.5 Å². The number of sulfone groups is 1. The first-order valence-electron chi connectivity index (χ1n) is 7.77. The number of nitrogens with one attached hydrogen (secondary N) is 2. The third-order valence-corrected chi connectivity index (χ3v) is 6.77. The summed E-state index contributed by atoms with van der Waals surface area (Å²) in [6, 6.07) is 7.13. The van der Waals surface area contributed by atoms with Gasteiger partial charge in [-0.3, -0.25) is 4.79 Å². The van der Waals surface area contributed by atoms with Crippen LogP contribution in [-0.2, 0) is 19.4 Å². The normalized spacial score (nSPS) is 18.8. The van der Waals surface area contributed by atoms with Crippen LogP contribution in [0.5, 0.6) is 0 Å². The molecule has 8 heteroatoms. The van der Waals surface area contributed by atoms with Crippen LogP contribution in [0.3, 0.4) is 0 Å². The van der Waals surface area contributed by atoms with Gasteiger partial charge in [-0.05, 0) is 43.6 Å². The largest absolute Gasteiger partial charge is 0.375 e. The van der Waals surface area contributed by atoms with E-state index in [0.717, 1.165) is 11.8 Å². The topological polar surface area (TPSA) is 84.5 Å². The van der Waals surface area contributed by atoms with Crippen LogP contribution in [-0.4, -0.2) is 52.1 Å². The zero-order valence-electron chi connectivity index (χ0n) is 13.8. The Morgan fingerprint density at radius 1 is 1.33 bits per heavy atom. The monoisotopic (exact) mass is 374 g/mol. The molecule has 0 spiro atoms. The zero-order chi connectivity index (χ0) is 17.8. The van der Waals surface area contributed by atoms with Gasteiger partial charge >= 0.3 is 0 Å². The van der Waals surface area contributed by atoms with E-state index >= 15 is 0 Å². The summed E-state index contributed by atoms with van der Waals surface area (Å²) in [5.41, 5.74) is 0.862. The molecule has 1 aromatic rings.